The SMILES string of the molecule is CCCCOC(=O)c1ccccc1C(=O)OCCCC.O=C1CCCCC1. The van der Waals surface area contributed by atoms with Crippen LogP contribution in [0.25, 0.3) is 0 Å². The summed E-state index contributed by atoms with van der Waals surface area (Å²) in [6, 6.07) is 6.59. The maximum atomic E-state index is 11.9. The third-order valence-electron chi connectivity index (χ3n) is 4.24. The maximum absolute atomic E-state index is 11.9. The van der Waals surface area contributed by atoms with E-state index in [9.17, 15) is 14.4 Å². The number of hydrogen-bond donors (Lipinski definition) is 0. The Kier molecular flexibility index (Phi) is 11.8. The van der Waals surface area contributed by atoms with Gasteiger partial charge in [-0.15, -0.1) is 0 Å². The second kappa shape index (κ2) is 14.0. The third kappa shape index (κ3) is 9.36. The highest BCUT2D eigenvalue weighted by Crippen LogP contribution is 2.13. The molecule has 0 aliphatic heterocycles. The molecule has 0 unspecified atom stereocenters. The molecule has 150 valence electrons. The van der Waals surface area contributed by atoms with E-state index >= 15 is 0 Å². The Balaban J connectivity index is 0.000000433. The zero-order valence-electron chi connectivity index (χ0n) is 16.6. The summed E-state index contributed by atoms with van der Waals surface area (Å²) in [5.41, 5.74) is 0.537. The van der Waals surface area contributed by atoms with E-state index in [4.69, 9.17) is 9.47 Å². The number of ether oxygens (including phenoxy) is 2. The van der Waals surface area contributed by atoms with E-state index in [1.54, 1.807) is 24.3 Å². The Bertz CT molecular complexity index is 545. The second-order valence-electron chi connectivity index (χ2n) is 6.62. The van der Waals surface area contributed by atoms with Crippen molar-refractivity contribution in [3.8, 4) is 0 Å². The number of benzene rings is 1. The molecule has 1 saturated carbocycles. The fraction of sp³-hybridized carbons (Fsp3) is 0.591. The second-order valence-corrected chi connectivity index (χ2v) is 6.62. The van der Waals surface area contributed by atoms with Crippen LogP contribution in [-0.4, -0.2) is 30.9 Å². The molecule has 0 radical (unpaired) electrons. The molecule has 0 aromatic heterocycles. The van der Waals surface area contributed by atoms with Gasteiger partial charge in [0.1, 0.15) is 5.78 Å². The minimum atomic E-state index is -0.471. The molecular weight excluding hydrogens is 344 g/mol. The van der Waals surface area contributed by atoms with Crippen LogP contribution in [0.1, 0.15) is 92.4 Å². The monoisotopic (exact) mass is 376 g/mol. The summed E-state index contributed by atoms with van der Waals surface area (Å²) in [5.74, 6) is -0.478. The van der Waals surface area contributed by atoms with Crippen LogP contribution in [0.3, 0.4) is 0 Å². The van der Waals surface area contributed by atoms with Gasteiger partial charge in [0.05, 0.1) is 24.3 Å². The number of ketones is 1. The molecule has 0 bridgehead atoms. The largest absolute Gasteiger partial charge is 0.462 e. The number of unbranched alkanes of at least 4 members (excludes halogenated alkanes) is 2. The number of hydrogen-bond acceptors (Lipinski definition) is 5. The van der Waals surface area contributed by atoms with Crippen molar-refractivity contribution in [1.29, 1.82) is 0 Å². The quantitative estimate of drug-likeness (QED) is 0.465. The number of esters is 2. The molecule has 1 aliphatic rings. The molecule has 0 heterocycles. The summed E-state index contributed by atoms with van der Waals surface area (Å²) in [4.78, 5) is 34.4. The first-order chi connectivity index (χ1) is 13.1. The predicted octanol–water partition coefficient (Wildman–Crippen LogP) is 5.12. The van der Waals surface area contributed by atoms with Crippen molar-refractivity contribution in [3.63, 3.8) is 0 Å². The van der Waals surface area contributed by atoms with E-state index in [1.807, 2.05) is 13.8 Å². The number of carbonyl (C=O) groups is 3. The van der Waals surface area contributed by atoms with Crippen molar-refractivity contribution in [3.05, 3.63) is 35.4 Å². The van der Waals surface area contributed by atoms with Crippen LogP contribution in [0, 0.1) is 0 Å². The molecule has 0 N–H and O–H groups in total. The Morgan fingerprint density at radius 2 is 1.26 bits per heavy atom. The zero-order chi connectivity index (χ0) is 19.9. The Morgan fingerprint density at radius 1 is 0.815 bits per heavy atom. The van der Waals surface area contributed by atoms with Crippen molar-refractivity contribution in [2.24, 2.45) is 0 Å². The molecule has 5 nitrogen and oxygen atoms in total. The van der Waals surface area contributed by atoms with Crippen molar-refractivity contribution in [2.75, 3.05) is 13.2 Å². The first kappa shape index (κ1) is 22.9. The van der Waals surface area contributed by atoms with Gasteiger partial charge in [-0.2, -0.15) is 0 Å². The average molecular weight is 376 g/mol. The topological polar surface area (TPSA) is 69.7 Å². The van der Waals surface area contributed by atoms with Gasteiger partial charge in [-0.3, -0.25) is 4.79 Å². The standard InChI is InChI=1S/C16H22O4.C6H10O/c1-3-5-11-19-15(17)13-9-7-8-10-14(13)16(18)20-12-6-4-2;7-6-4-2-1-3-5-6/h7-10H,3-6,11-12H2,1-2H3;1-5H2. The molecule has 1 fully saturated rings. The van der Waals surface area contributed by atoms with Crippen molar-refractivity contribution in [1.82, 2.24) is 0 Å². The maximum Gasteiger partial charge on any atom is 0.339 e. The van der Waals surface area contributed by atoms with E-state index in [2.05, 4.69) is 0 Å². The van der Waals surface area contributed by atoms with Gasteiger partial charge in [0.25, 0.3) is 0 Å². The summed E-state index contributed by atoms with van der Waals surface area (Å²) in [6.45, 7) is 4.78. The summed E-state index contributed by atoms with van der Waals surface area (Å²) in [7, 11) is 0. The smallest absolute Gasteiger partial charge is 0.339 e. The van der Waals surface area contributed by atoms with Gasteiger partial charge in [-0.05, 0) is 37.8 Å². The molecule has 1 aromatic carbocycles. The number of carbonyl (C=O) groups excluding carboxylic acids is 3. The molecule has 2 rings (SSSR count). The van der Waals surface area contributed by atoms with Gasteiger partial charge in [-0.25, -0.2) is 9.59 Å². The molecule has 5 heteroatoms. The van der Waals surface area contributed by atoms with E-state index in [1.165, 1.54) is 6.42 Å². The predicted molar refractivity (Wildman–Crippen MR) is 105 cm³/mol. The van der Waals surface area contributed by atoms with E-state index in [0.717, 1.165) is 51.4 Å². The van der Waals surface area contributed by atoms with Crippen molar-refractivity contribution < 1.29 is 23.9 Å². The Hall–Kier alpha value is -2.17. The highest BCUT2D eigenvalue weighted by atomic mass is 16.5. The minimum absolute atomic E-state index is 0.269. The summed E-state index contributed by atoms with van der Waals surface area (Å²) < 4.78 is 10.3. The van der Waals surface area contributed by atoms with Crippen LogP contribution in [0.2, 0.25) is 0 Å². The molecule has 0 spiro atoms. The lowest BCUT2D eigenvalue weighted by Gasteiger charge is -2.09. The number of Topliss-reactive ketones (excluding diaryl/α,β-unsaturated/α-hetero) is 1. The minimum Gasteiger partial charge on any atom is -0.462 e. The van der Waals surface area contributed by atoms with Gasteiger partial charge < -0.3 is 9.47 Å². The lowest BCUT2D eigenvalue weighted by molar-refractivity contribution is -0.120. The van der Waals surface area contributed by atoms with Gasteiger partial charge in [-0.1, -0.05) is 45.2 Å². The fourth-order valence-corrected chi connectivity index (χ4v) is 2.56. The molecule has 27 heavy (non-hydrogen) atoms. The fourth-order valence-electron chi connectivity index (χ4n) is 2.56. The normalized spacial score (nSPS) is 13.3. The highest BCUT2D eigenvalue weighted by molar-refractivity contribution is 6.03. The first-order valence-corrected chi connectivity index (χ1v) is 10.0. The summed E-state index contributed by atoms with van der Waals surface area (Å²) >= 11 is 0. The van der Waals surface area contributed by atoms with Crippen LogP contribution in [0.5, 0.6) is 0 Å². The lowest BCUT2D eigenvalue weighted by Crippen LogP contribution is -2.14. The van der Waals surface area contributed by atoms with E-state index in [-0.39, 0.29) is 11.1 Å². The van der Waals surface area contributed by atoms with Gasteiger partial charge in [0.2, 0.25) is 0 Å². The van der Waals surface area contributed by atoms with Crippen LogP contribution >= 0.6 is 0 Å². The molecular formula is C22H32O5. The van der Waals surface area contributed by atoms with Crippen LogP contribution in [0.15, 0.2) is 24.3 Å². The lowest BCUT2D eigenvalue weighted by atomic mass is 10.00. The molecule has 0 amide bonds. The van der Waals surface area contributed by atoms with E-state index in [0.29, 0.717) is 19.0 Å². The van der Waals surface area contributed by atoms with Crippen LogP contribution < -0.4 is 0 Å². The molecule has 1 aromatic rings. The third-order valence-corrected chi connectivity index (χ3v) is 4.24. The van der Waals surface area contributed by atoms with Crippen molar-refractivity contribution in [2.45, 2.75) is 71.6 Å². The zero-order valence-corrected chi connectivity index (χ0v) is 16.6. The number of rotatable bonds is 8. The average Bonchev–Trinajstić information content (AvgIpc) is 2.69. The Labute approximate surface area is 162 Å². The summed E-state index contributed by atoms with van der Waals surface area (Å²) in [5, 5.41) is 0. The highest BCUT2D eigenvalue weighted by Gasteiger charge is 2.18. The van der Waals surface area contributed by atoms with E-state index < -0.39 is 11.9 Å². The van der Waals surface area contributed by atoms with Gasteiger partial charge in [0.15, 0.2) is 0 Å². The molecule has 0 atom stereocenters. The van der Waals surface area contributed by atoms with Crippen LogP contribution in [0.4, 0.5) is 0 Å². The Morgan fingerprint density at radius 3 is 1.59 bits per heavy atom. The molecule has 0 saturated heterocycles. The van der Waals surface area contributed by atoms with Crippen LogP contribution in [-0.2, 0) is 14.3 Å². The molecule has 1 aliphatic carbocycles. The van der Waals surface area contributed by atoms with Gasteiger partial charge in [0, 0.05) is 12.8 Å². The first-order valence-electron chi connectivity index (χ1n) is 10.0. The van der Waals surface area contributed by atoms with Gasteiger partial charge >= 0.3 is 11.9 Å². The summed E-state index contributed by atoms with van der Waals surface area (Å²) in [6.07, 6.45) is 8.77. The van der Waals surface area contributed by atoms with Crippen molar-refractivity contribution >= 4 is 17.7 Å².